The molecule has 0 aliphatic rings. The summed E-state index contributed by atoms with van der Waals surface area (Å²) >= 11 is 0. The first-order chi connectivity index (χ1) is 9.76. The van der Waals surface area contributed by atoms with Crippen molar-refractivity contribution in [3.63, 3.8) is 0 Å². The van der Waals surface area contributed by atoms with Crippen LogP contribution in [0.25, 0.3) is 0 Å². The maximum absolute atomic E-state index is 9.94. The SMILES string of the molecule is [CH2]CC(C)(O)CCCC(C)CCCC(C)CCCC(C)C. The molecule has 1 N–H and O–H groups in total. The molecule has 0 saturated carbocycles. The van der Waals surface area contributed by atoms with Crippen LogP contribution in [-0.4, -0.2) is 10.7 Å². The van der Waals surface area contributed by atoms with E-state index in [9.17, 15) is 5.11 Å². The summed E-state index contributed by atoms with van der Waals surface area (Å²) in [6.07, 6.45) is 12.2. The van der Waals surface area contributed by atoms with Gasteiger partial charge in [-0.25, -0.2) is 0 Å². The van der Waals surface area contributed by atoms with Crippen molar-refractivity contribution in [2.75, 3.05) is 0 Å². The van der Waals surface area contributed by atoms with E-state index >= 15 is 0 Å². The van der Waals surface area contributed by atoms with Crippen LogP contribution in [-0.2, 0) is 0 Å². The Morgan fingerprint density at radius 1 is 0.810 bits per heavy atom. The maximum atomic E-state index is 9.94. The lowest BCUT2D eigenvalue weighted by Crippen LogP contribution is -2.22. The zero-order valence-electron chi connectivity index (χ0n) is 15.5. The van der Waals surface area contributed by atoms with Crippen molar-refractivity contribution in [3.05, 3.63) is 6.92 Å². The maximum Gasteiger partial charge on any atom is 0.0619 e. The lowest BCUT2D eigenvalue weighted by atomic mass is 9.90. The van der Waals surface area contributed by atoms with Gasteiger partial charge in [-0.2, -0.15) is 0 Å². The molecule has 0 spiro atoms. The molecule has 0 heterocycles. The zero-order chi connectivity index (χ0) is 16.3. The quantitative estimate of drug-likeness (QED) is 0.417. The third-order valence-corrected chi connectivity index (χ3v) is 4.82. The Labute approximate surface area is 134 Å². The lowest BCUT2D eigenvalue weighted by molar-refractivity contribution is 0.0494. The Bertz CT molecular complexity index is 232. The van der Waals surface area contributed by atoms with Crippen LogP contribution in [0, 0.1) is 24.7 Å². The van der Waals surface area contributed by atoms with Crippen LogP contribution in [0.4, 0.5) is 0 Å². The minimum absolute atomic E-state index is 0.551. The molecular formula is C20H41O. The van der Waals surface area contributed by atoms with Gasteiger partial charge >= 0.3 is 0 Å². The first-order valence-electron chi connectivity index (χ1n) is 9.28. The van der Waals surface area contributed by atoms with Crippen LogP contribution < -0.4 is 0 Å². The van der Waals surface area contributed by atoms with E-state index in [0.29, 0.717) is 6.42 Å². The molecule has 0 aliphatic carbocycles. The van der Waals surface area contributed by atoms with Gasteiger partial charge in [0.1, 0.15) is 0 Å². The van der Waals surface area contributed by atoms with Crippen LogP contribution in [0.3, 0.4) is 0 Å². The average molecular weight is 298 g/mol. The molecule has 3 unspecified atom stereocenters. The summed E-state index contributed by atoms with van der Waals surface area (Å²) in [4.78, 5) is 0. The Hall–Kier alpha value is -0.0400. The van der Waals surface area contributed by atoms with E-state index in [1.54, 1.807) is 0 Å². The van der Waals surface area contributed by atoms with Crippen LogP contribution in [0.5, 0.6) is 0 Å². The standard InChI is InChI=1S/C20H41O/c1-7-20(6,21)16-10-15-19(5)14-9-13-18(4)12-8-11-17(2)3/h17-19,21H,1,7-16H2,2-6H3. The minimum Gasteiger partial charge on any atom is -0.390 e. The Kier molecular flexibility index (Phi) is 11.5. The second-order valence-corrected chi connectivity index (χ2v) is 8.11. The van der Waals surface area contributed by atoms with E-state index in [4.69, 9.17) is 0 Å². The van der Waals surface area contributed by atoms with Gasteiger partial charge in [-0.3, -0.25) is 0 Å². The summed E-state index contributed by atoms with van der Waals surface area (Å²) in [6.45, 7) is 15.1. The van der Waals surface area contributed by atoms with E-state index in [-0.39, 0.29) is 0 Å². The molecule has 3 atom stereocenters. The molecule has 0 aromatic heterocycles. The first kappa shape index (κ1) is 21.0. The molecule has 0 aliphatic heterocycles. The van der Waals surface area contributed by atoms with Crippen LogP contribution in [0.15, 0.2) is 0 Å². The van der Waals surface area contributed by atoms with Gasteiger partial charge in [-0.15, -0.1) is 0 Å². The molecule has 0 fully saturated rings. The van der Waals surface area contributed by atoms with Gasteiger partial charge in [0.05, 0.1) is 5.60 Å². The van der Waals surface area contributed by atoms with Crippen molar-refractivity contribution < 1.29 is 5.11 Å². The summed E-state index contributed by atoms with van der Waals surface area (Å²) in [5.41, 5.74) is -0.551. The van der Waals surface area contributed by atoms with E-state index in [0.717, 1.165) is 30.6 Å². The fourth-order valence-corrected chi connectivity index (χ4v) is 2.93. The van der Waals surface area contributed by atoms with E-state index in [2.05, 4.69) is 34.6 Å². The number of hydrogen-bond acceptors (Lipinski definition) is 1. The molecule has 0 bridgehead atoms. The second-order valence-electron chi connectivity index (χ2n) is 8.11. The highest BCUT2D eigenvalue weighted by molar-refractivity contribution is 4.73. The van der Waals surface area contributed by atoms with Crippen molar-refractivity contribution in [1.29, 1.82) is 0 Å². The normalized spacial score (nSPS) is 17.7. The van der Waals surface area contributed by atoms with Crippen LogP contribution in [0.2, 0.25) is 0 Å². The summed E-state index contributed by atoms with van der Waals surface area (Å²) in [6, 6.07) is 0. The van der Waals surface area contributed by atoms with Crippen molar-refractivity contribution in [1.82, 2.24) is 0 Å². The van der Waals surface area contributed by atoms with Gasteiger partial charge in [0, 0.05) is 0 Å². The third-order valence-electron chi connectivity index (χ3n) is 4.82. The second kappa shape index (κ2) is 11.5. The monoisotopic (exact) mass is 297 g/mol. The van der Waals surface area contributed by atoms with Crippen molar-refractivity contribution in [3.8, 4) is 0 Å². The molecule has 0 aromatic carbocycles. The minimum atomic E-state index is -0.551. The van der Waals surface area contributed by atoms with Gasteiger partial charge < -0.3 is 5.11 Å². The molecule has 1 heteroatoms. The fourth-order valence-electron chi connectivity index (χ4n) is 2.93. The summed E-state index contributed by atoms with van der Waals surface area (Å²) in [5, 5.41) is 9.94. The van der Waals surface area contributed by atoms with Crippen molar-refractivity contribution in [2.45, 2.75) is 104 Å². The van der Waals surface area contributed by atoms with E-state index < -0.39 is 5.60 Å². The number of rotatable bonds is 13. The predicted molar refractivity (Wildman–Crippen MR) is 95.3 cm³/mol. The molecule has 1 nitrogen and oxygen atoms in total. The fraction of sp³-hybridized carbons (Fsp3) is 0.950. The Morgan fingerprint density at radius 3 is 1.67 bits per heavy atom. The Morgan fingerprint density at radius 2 is 1.24 bits per heavy atom. The molecule has 0 aromatic rings. The predicted octanol–water partition coefficient (Wildman–Crippen LogP) is 6.40. The Balaban J connectivity index is 3.54. The van der Waals surface area contributed by atoms with Gasteiger partial charge in [0.2, 0.25) is 0 Å². The largest absolute Gasteiger partial charge is 0.390 e. The molecular weight excluding hydrogens is 256 g/mol. The van der Waals surface area contributed by atoms with Crippen molar-refractivity contribution >= 4 is 0 Å². The first-order valence-corrected chi connectivity index (χ1v) is 9.28. The highest BCUT2D eigenvalue weighted by Gasteiger charge is 2.17. The van der Waals surface area contributed by atoms with E-state index in [1.807, 2.05) is 6.92 Å². The summed E-state index contributed by atoms with van der Waals surface area (Å²) in [5.74, 6) is 2.55. The molecule has 0 rings (SSSR count). The molecule has 1 radical (unpaired) electrons. The van der Waals surface area contributed by atoms with E-state index in [1.165, 1.54) is 44.9 Å². The molecule has 0 amide bonds. The third kappa shape index (κ3) is 13.4. The van der Waals surface area contributed by atoms with Gasteiger partial charge in [0.25, 0.3) is 0 Å². The van der Waals surface area contributed by atoms with Crippen molar-refractivity contribution in [2.24, 2.45) is 17.8 Å². The number of aliphatic hydroxyl groups is 1. The van der Waals surface area contributed by atoms with Crippen LogP contribution >= 0.6 is 0 Å². The van der Waals surface area contributed by atoms with Gasteiger partial charge in [-0.05, 0) is 37.5 Å². The molecule has 21 heavy (non-hydrogen) atoms. The zero-order valence-corrected chi connectivity index (χ0v) is 15.5. The van der Waals surface area contributed by atoms with Gasteiger partial charge in [-0.1, -0.05) is 86.0 Å². The average Bonchev–Trinajstić information content (AvgIpc) is 2.38. The topological polar surface area (TPSA) is 20.2 Å². The van der Waals surface area contributed by atoms with Gasteiger partial charge in [0.15, 0.2) is 0 Å². The summed E-state index contributed by atoms with van der Waals surface area (Å²) in [7, 11) is 0. The number of hydrogen-bond donors (Lipinski definition) is 1. The highest BCUT2D eigenvalue weighted by Crippen LogP contribution is 2.23. The molecule has 0 saturated heterocycles. The summed E-state index contributed by atoms with van der Waals surface area (Å²) < 4.78 is 0. The molecule has 127 valence electrons. The highest BCUT2D eigenvalue weighted by atomic mass is 16.3. The smallest absolute Gasteiger partial charge is 0.0619 e. The van der Waals surface area contributed by atoms with Crippen LogP contribution in [0.1, 0.15) is 98.8 Å². The lowest BCUT2D eigenvalue weighted by Gasteiger charge is -2.22.